The van der Waals surface area contributed by atoms with Crippen molar-refractivity contribution in [3.8, 4) is 0 Å². The first-order valence-corrected chi connectivity index (χ1v) is 6.31. The molecule has 5 heteroatoms. The van der Waals surface area contributed by atoms with Crippen LogP contribution < -0.4 is 5.32 Å². The monoisotopic (exact) mass is 252 g/mol. The third kappa shape index (κ3) is 4.47. The molecule has 0 saturated heterocycles. The molecule has 0 aliphatic heterocycles. The topological polar surface area (TPSA) is 15.3 Å². The molecular formula is C12H23F3N2. The van der Waals surface area contributed by atoms with Gasteiger partial charge >= 0.3 is 6.18 Å². The normalized spacial score (nSPS) is 30.9. The van der Waals surface area contributed by atoms with Gasteiger partial charge < -0.3 is 5.32 Å². The zero-order valence-corrected chi connectivity index (χ0v) is 10.8. The van der Waals surface area contributed by atoms with Crippen molar-refractivity contribution < 1.29 is 13.2 Å². The minimum absolute atomic E-state index is 0.000301. The second kappa shape index (κ2) is 6.05. The number of rotatable bonds is 4. The highest BCUT2D eigenvalue weighted by molar-refractivity contribution is 4.89. The Morgan fingerprint density at radius 1 is 1.29 bits per heavy atom. The Labute approximate surface area is 102 Å². The molecule has 1 rings (SSSR count). The molecule has 17 heavy (non-hydrogen) atoms. The van der Waals surface area contributed by atoms with Crippen LogP contribution in [0.3, 0.4) is 0 Å². The second-order valence-electron chi connectivity index (χ2n) is 5.08. The maximum Gasteiger partial charge on any atom is 0.401 e. The van der Waals surface area contributed by atoms with Crippen molar-refractivity contribution in [2.75, 3.05) is 20.6 Å². The van der Waals surface area contributed by atoms with Crippen LogP contribution in [0.4, 0.5) is 13.2 Å². The highest BCUT2D eigenvalue weighted by atomic mass is 19.4. The quantitative estimate of drug-likeness (QED) is 0.827. The van der Waals surface area contributed by atoms with Crippen LogP contribution in [0.25, 0.3) is 0 Å². The second-order valence-corrected chi connectivity index (χ2v) is 5.08. The van der Waals surface area contributed by atoms with Gasteiger partial charge in [-0.3, -0.25) is 4.90 Å². The van der Waals surface area contributed by atoms with Gasteiger partial charge in [-0.15, -0.1) is 0 Å². The molecule has 1 saturated carbocycles. The predicted octanol–water partition coefficient (Wildman–Crippen LogP) is 2.65. The Morgan fingerprint density at radius 3 is 2.41 bits per heavy atom. The summed E-state index contributed by atoms with van der Waals surface area (Å²) in [5, 5.41) is 3.16. The van der Waals surface area contributed by atoms with Crippen molar-refractivity contribution in [2.45, 2.75) is 50.9 Å². The fourth-order valence-electron chi connectivity index (χ4n) is 2.83. The maximum absolute atomic E-state index is 12.4. The first-order valence-electron chi connectivity index (χ1n) is 6.31. The minimum atomic E-state index is -4.10. The van der Waals surface area contributed by atoms with E-state index in [4.69, 9.17) is 0 Å². The molecule has 1 fully saturated rings. The summed E-state index contributed by atoms with van der Waals surface area (Å²) in [6.07, 6.45) is -0.0756. The van der Waals surface area contributed by atoms with Gasteiger partial charge in [0.1, 0.15) is 0 Å². The molecule has 0 heterocycles. The first-order chi connectivity index (χ1) is 7.87. The fourth-order valence-corrected chi connectivity index (χ4v) is 2.83. The van der Waals surface area contributed by atoms with Gasteiger partial charge in [-0.1, -0.05) is 13.3 Å². The zero-order valence-electron chi connectivity index (χ0n) is 10.8. The van der Waals surface area contributed by atoms with Crippen molar-refractivity contribution in [3.05, 3.63) is 0 Å². The number of hydrogen-bond donors (Lipinski definition) is 1. The van der Waals surface area contributed by atoms with Crippen molar-refractivity contribution in [1.29, 1.82) is 0 Å². The maximum atomic E-state index is 12.4. The Morgan fingerprint density at radius 2 is 1.94 bits per heavy atom. The average Bonchev–Trinajstić information content (AvgIpc) is 2.25. The molecule has 0 aromatic heterocycles. The van der Waals surface area contributed by atoms with E-state index in [9.17, 15) is 13.2 Å². The lowest BCUT2D eigenvalue weighted by Gasteiger charge is -2.41. The van der Waals surface area contributed by atoms with E-state index >= 15 is 0 Å². The SMILES string of the molecule is CCC1CCC(NC)C(N(C)CC(F)(F)F)C1. The van der Waals surface area contributed by atoms with Crippen LogP contribution in [0, 0.1) is 5.92 Å². The molecule has 1 aliphatic carbocycles. The number of nitrogens with zero attached hydrogens (tertiary/aromatic N) is 1. The molecule has 0 bridgehead atoms. The minimum Gasteiger partial charge on any atom is -0.315 e. The summed E-state index contributed by atoms with van der Waals surface area (Å²) < 4.78 is 37.2. The van der Waals surface area contributed by atoms with Crippen molar-refractivity contribution >= 4 is 0 Å². The molecule has 3 unspecified atom stereocenters. The number of alkyl halides is 3. The molecule has 102 valence electrons. The standard InChI is InChI=1S/C12H23F3N2/c1-4-9-5-6-10(16-2)11(7-9)17(3)8-12(13,14)15/h9-11,16H,4-8H2,1-3H3. The lowest BCUT2D eigenvalue weighted by atomic mass is 9.80. The van der Waals surface area contributed by atoms with Crippen molar-refractivity contribution in [3.63, 3.8) is 0 Å². The van der Waals surface area contributed by atoms with E-state index in [2.05, 4.69) is 12.2 Å². The Hall–Kier alpha value is -0.290. The van der Waals surface area contributed by atoms with Crippen molar-refractivity contribution in [1.82, 2.24) is 10.2 Å². The van der Waals surface area contributed by atoms with E-state index in [1.54, 1.807) is 7.05 Å². The van der Waals surface area contributed by atoms with Gasteiger partial charge in [0.05, 0.1) is 6.54 Å². The molecule has 0 aromatic rings. The lowest BCUT2D eigenvalue weighted by molar-refractivity contribution is -0.150. The van der Waals surface area contributed by atoms with Gasteiger partial charge in [0, 0.05) is 12.1 Å². The molecule has 0 amide bonds. The van der Waals surface area contributed by atoms with Gasteiger partial charge in [0.2, 0.25) is 0 Å². The molecule has 3 atom stereocenters. The summed E-state index contributed by atoms with van der Waals surface area (Å²) in [6.45, 7) is 1.30. The van der Waals surface area contributed by atoms with Gasteiger partial charge in [0.25, 0.3) is 0 Å². The number of hydrogen-bond acceptors (Lipinski definition) is 2. The first kappa shape index (κ1) is 14.8. The summed E-state index contributed by atoms with van der Waals surface area (Å²) in [6, 6.07) is 0.186. The van der Waals surface area contributed by atoms with E-state index in [0.29, 0.717) is 5.92 Å². The van der Waals surface area contributed by atoms with Gasteiger partial charge in [-0.05, 0) is 39.3 Å². The lowest BCUT2D eigenvalue weighted by Crippen LogP contribution is -2.53. The van der Waals surface area contributed by atoms with E-state index < -0.39 is 12.7 Å². The van der Waals surface area contributed by atoms with Crippen LogP contribution in [0.2, 0.25) is 0 Å². The van der Waals surface area contributed by atoms with Crippen LogP contribution in [0.15, 0.2) is 0 Å². The van der Waals surface area contributed by atoms with Gasteiger partial charge in [-0.25, -0.2) is 0 Å². The molecule has 0 spiro atoms. The molecule has 2 nitrogen and oxygen atoms in total. The number of likely N-dealkylation sites (N-methyl/N-ethyl adjacent to an activating group) is 2. The smallest absolute Gasteiger partial charge is 0.315 e. The van der Waals surface area contributed by atoms with Crippen LogP contribution in [0.1, 0.15) is 32.6 Å². The van der Waals surface area contributed by atoms with Crippen LogP contribution >= 0.6 is 0 Å². The van der Waals surface area contributed by atoms with E-state index in [1.165, 1.54) is 4.90 Å². The summed E-state index contributed by atoms with van der Waals surface area (Å²) in [4.78, 5) is 1.46. The Bertz CT molecular complexity index is 230. The largest absolute Gasteiger partial charge is 0.401 e. The number of nitrogens with one attached hydrogen (secondary N) is 1. The summed E-state index contributed by atoms with van der Waals surface area (Å²) in [5.74, 6) is 0.570. The Balaban J connectivity index is 2.62. The molecule has 1 aliphatic rings. The van der Waals surface area contributed by atoms with Crippen LogP contribution in [0.5, 0.6) is 0 Å². The van der Waals surface area contributed by atoms with E-state index in [0.717, 1.165) is 25.7 Å². The van der Waals surface area contributed by atoms with Gasteiger partial charge in [-0.2, -0.15) is 13.2 Å². The fraction of sp³-hybridized carbons (Fsp3) is 1.00. The van der Waals surface area contributed by atoms with Crippen LogP contribution in [-0.2, 0) is 0 Å². The Kier molecular flexibility index (Phi) is 5.25. The summed E-state index contributed by atoms with van der Waals surface area (Å²) >= 11 is 0. The van der Waals surface area contributed by atoms with E-state index in [-0.39, 0.29) is 12.1 Å². The van der Waals surface area contributed by atoms with Crippen LogP contribution in [-0.4, -0.2) is 43.8 Å². The molecular weight excluding hydrogens is 229 g/mol. The zero-order chi connectivity index (χ0) is 13.1. The number of halogens is 3. The molecule has 0 radical (unpaired) electrons. The third-order valence-electron chi connectivity index (χ3n) is 3.87. The molecule has 0 aromatic carbocycles. The van der Waals surface area contributed by atoms with Crippen molar-refractivity contribution in [2.24, 2.45) is 5.92 Å². The molecule has 1 N–H and O–H groups in total. The highest BCUT2D eigenvalue weighted by Gasteiger charge is 2.37. The summed E-state index contributed by atoms with van der Waals surface area (Å²) in [7, 11) is 3.42. The predicted molar refractivity (Wildman–Crippen MR) is 63.0 cm³/mol. The van der Waals surface area contributed by atoms with Gasteiger partial charge in [0.15, 0.2) is 0 Å². The van der Waals surface area contributed by atoms with E-state index in [1.807, 2.05) is 7.05 Å². The highest BCUT2D eigenvalue weighted by Crippen LogP contribution is 2.30. The summed E-state index contributed by atoms with van der Waals surface area (Å²) in [5.41, 5.74) is 0. The average molecular weight is 252 g/mol. The third-order valence-corrected chi connectivity index (χ3v) is 3.87.